The maximum Gasteiger partial charge on any atom is 0.129 e. The number of unbranched alkanes of at least 4 members (excludes halogenated alkanes) is 4. The molecular formula is C18H29NO2. The standard InChI is InChI=1S/C18H29NO2/c1-17(20)10-6-3-2-4-9-13-19-14-15-21-16-18-11-7-5-8-12-18/h5,7-8,11-12,19H,2-4,6,9-10,13-16H2,1H3. The molecule has 1 aromatic rings. The van der Waals surface area contributed by atoms with Crippen LogP contribution in [0.2, 0.25) is 0 Å². The van der Waals surface area contributed by atoms with Gasteiger partial charge in [0, 0.05) is 13.0 Å². The second-order valence-electron chi connectivity index (χ2n) is 5.51. The first kappa shape index (κ1) is 17.9. The molecule has 0 saturated carbocycles. The van der Waals surface area contributed by atoms with Crippen LogP contribution in [0, 0.1) is 0 Å². The Bertz CT molecular complexity index is 365. The molecule has 0 aliphatic carbocycles. The molecule has 0 aliphatic heterocycles. The summed E-state index contributed by atoms with van der Waals surface area (Å²) in [7, 11) is 0. The molecule has 1 N–H and O–H groups in total. The number of hydrogen-bond donors (Lipinski definition) is 1. The summed E-state index contributed by atoms with van der Waals surface area (Å²) in [6.07, 6.45) is 6.67. The molecule has 0 heterocycles. The summed E-state index contributed by atoms with van der Waals surface area (Å²) in [5, 5.41) is 3.40. The van der Waals surface area contributed by atoms with Gasteiger partial charge in [0.2, 0.25) is 0 Å². The van der Waals surface area contributed by atoms with Crippen LogP contribution < -0.4 is 5.32 Å². The smallest absolute Gasteiger partial charge is 0.129 e. The minimum absolute atomic E-state index is 0.312. The van der Waals surface area contributed by atoms with E-state index < -0.39 is 0 Å². The van der Waals surface area contributed by atoms with Crippen LogP contribution in [0.15, 0.2) is 30.3 Å². The minimum atomic E-state index is 0.312. The second kappa shape index (κ2) is 12.5. The fourth-order valence-electron chi connectivity index (χ4n) is 2.19. The molecule has 21 heavy (non-hydrogen) atoms. The number of benzene rings is 1. The lowest BCUT2D eigenvalue weighted by atomic mass is 10.1. The Morgan fingerprint density at radius 2 is 1.71 bits per heavy atom. The highest BCUT2D eigenvalue weighted by molar-refractivity contribution is 5.75. The molecule has 3 nitrogen and oxygen atoms in total. The third-order valence-electron chi connectivity index (χ3n) is 3.42. The Balaban J connectivity index is 1.78. The lowest BCUT2D eigenvalue weighted by Gasteiger charge is -2.06. The van der Waals surface area contributed by atoms with Crippen molar-refractivity contribution in [3.8, 4) is 0 Å². The molecule has 1 rings (SSSR count). The molecule has 0 unspecified atom stereocenters. The van der Waals surface area contributed by atoms with Crippen molar-refractivity contribution in [2.45, 2.75) is 52.1 Å². The van der Waals surface area contributed by atoms with Gasteiger partial charge in [-0.2, -0.15) is 0 Å². The van der Waals surface area contributed by atoms with Gasteiger partial charge in [0.15, 0.2) is 0 Å². The summed E-state index contributed by atoms with van der Waals surface area (Å²) in [5.41, 5.74) is 1.23. The Kier molecular flexibility index (Phi) is 10.7. The van der Waals surface area contributed by atoms with E-state index in [4.69, 9.17) is 4.74 Å². The van der Waals surface area contributed by atoms with Crippen molar-refractivity contribution in [2.75, 3.05) is 19.7 Å². The predicted octanol–water partition coefficient (Wildman–Crippen LogP) is 3.72. The highest BCUT2D eigenvalue weighted by Gasteiger charge is 1.95. The molecule has 0 saturated heterocycles. The Morgan fingerprint density at radius 3 is 2.48 bits per heavy atom. The van der Waals surface area contributed by atoms with Gasteiger partial charge in [-0.25, -0.2) is 0 Å². The summed E-state index contributed by atoms with van der Waals surface area (Å²) in [5.74, 6) is 0.312. The minimum Gasteiger partial charge on any atom is -0.375 e. The normalized spacial score (nSPS) is 10.7. The van der Waals surface area contributed by atoms with Crippen LogP contribution in [-0.4, -0.2) is 25.5 Å². The number of ether oxygens (including phenoxy) is 1. The summed E-state index contributed by atoms with van der Waals surface area (Å²) < 4.78 is 5.61. The van der Waals surface area contributed by atoms with E-state index in [0.717, 1.165) is 32.5 Å². The van der Waals surface area contributed by atoms with Gasteiger partial charge in [0.05, 0.1) is 13.2 Å². The zero-order valence-corrected chi connectivity index (χ0v) is 13.3. The molecule has 0 spiro atoms. The van der Waals surface area contributed by atoms with E-state index in [2.05, 4.69) is 17.4 Å². The number of Topliss-reactive ketones (excluding diaryl/α,β-unsaturated/α-hetero) is 1. The Labute approximate surface area is 129 Å². The molecule has 0 amide bonds. The van der Waals surface area contributed by atoms with Gasteiger partial charge in [-0.05, 0) is 31.9 Å². The van der Waals surface area contributed by atoms with Gasteiger partial charge in [0.25, 0.3) is 0 Å². The first-order chi connectivity index (χ1) is 10.3. The van der Waals surface area contributed by atoms with Crippen molar-refractivity contribution in [1.29, 1.82) is 0 Å². The van der Waals surface area contributed by atoms with E-state index in [1.165, 1.54) is 31.2 Å². The van der Waals surface area contributed by atoms with E-state index in [0.29, 0.717) is 12.4 Å². The molecule has 0 bridgehead atoms. The molecule has 0 aliphatic rings. The molecule has 0 radical (unpaired) electrons. The van der Waals surface area contributed by atoms with Crippen LogP contribution in [-0.2, 0) is 16.1 Å². The zero-order valence-electron chi connectivity index (χ0n) is 13.3. The van der Waals surface area contributed by atoms with Crippen molar-refractivity contribution in [3.05, 3.63) is 35.9 Å². The van der Waals surface area contributed by atoms with E-state index in [1.807, 2.05) is 18.2 Å². The Hall–Kier alpha value is -1.19. The average Bonchev–Trinajstić information content (AvgIpc) is 2.49. The van der Waals surface area contributed by atoms with Gasteiger partial charge in [-0.1, -0.05) is 49.6 Å². The van der Waals surface area contributed by atoms with Crippen molar-refractivity contribution >= 4 is 5.78 Å². The van der Waals surface area contributed by atoms with Crippen molar-refractivity contribution in [3.63, 3.8) is 0 Å². The summed E-state index contributed by atoms with van der Waals surface area (Å²) in [6.45, 7) is 5.09. The molecule has 0 aromatic heterocycles. The van der Waals surface area contributed by atoms with Crippen molar-refractivity contribution < 1.29 is 9.53 Å². The van der Waals surface area contributed by atoms with Crippen molar-refractivity contribution in [2.24, 2.45) is 0 Å². The van der Waals surface area contributed by atoms with Gasteiger partial charge < -0.3 is 14.8 Å². The lowest BCUT2D eigenvalue weighted by molar-refractivity contribution is -0.117. The topological polar surface area (TPSA) is 38.3 Å². The molecule has 1 aromatic carbocycles. The molecule has 0 atom stereocenters. The average molecular weight is 291 g/mol. The zero-order chi connectivity index (χ0) is 15.2. The van der Waals surface area contributed by atoms with Gasteiger partial charge in [-0.15, -0.1) is 0 Å². The fraction of sp³-hybridized carbons (Fsp3) is 0.611. The van der Waals surface area contributed by atoms with Gasteiger partial charge in [-0.3, -0.25) is 0 Å². The van der Waals surface area contributed by atoms with E-state index in [9.17, 15) is 4.79 Å². The quantitative estimate of drug-likeness (QED) is 0.563. The number of nitrogens with one attached hydrogen (secondary N) is 1. The Morgan fingerprint density at radius 1 is 1.00 bits per heavy atom. The number of rotatable bonds is 13. The molecule has 0 fully saturated rings. The molecule has 118 valence electrons. The van der Waals surface area contributed by atoms with Crippen molar-refractivity contribution in [1.82, 2.24) is 5.32 Å². The van der Waals surface area contributed by atoms with Crippen LogP contribution >= 0.6 is 0 Å². The summed E-state index contributed by atoms with van der Waals surface area (Å²) in [6, 6.07) is 10.3. The van der Waals surface area contributed by atoms with Crippen LogP contribution in [0.4, 0.5) is 0 Å². The second-order valence-corrected chi connectivity index (χ2v) is 5.51. The first-order valence-electron chi connectivity index (χ1n) is 8.11. The monoisotopic (exact) mass is 291 g/mol. The fourth-order valence-corrected chi connectivity index (χ4v) is 2.19. The van der Waals surface area contributed by atoms with E-state index in [1.54, 1.807) is 6.92 Å². The highest BCUT2D eigenvalue weighted by atomic mass is 16.5. The van der Waals surface area contributed by atoms with Crippen LogP contribution in [0.5, 0.6) is 0 Å². The third kappa shape index (κ3) is 11.2. The van der Waals surface area contributed by atoms with Crippen LogP contribution in [0.1, 0.15) is 51.0 Å². The maximum absolute atomic E-state index is 10.8. The highest BCUT2D eigenvalue weighted by Crippen LogP contribution is 2.05. The van der Waals surface area contributed by atoms with Crippen LogP contribution in [0.3, 0.4) is 0 Å². The number of ketones is 1. The lowest BCUT2D eigenvalue weighted by Crippen LogP contribution is -2.20. The SMILES string of the molecule is CC(=O)CCCCCCCNCCOCc1ccccc1. The molecule has 3 heteroatoms. The van der Waals surface area contributed by atoms with Gasteiger partial charge in [0.1, 0.15) is 5.78 Å². The number of carbonyl (C=O) groups is 1. The van der Waals surface area contributed by atoms with Crippen LogP contribution in [0.25, 0.3) is 0 Å². The van der Waals surface area contributed by atoms with E-state index >= 15 is 0 Å². The third-order valence-corrected chi connectivity index (χ3v) is 3.42. The summed E-state index contributed by atoms with van der Waals surface area (Å²) >= 11 is 0. The number of carbonyl (C=O) groups excluding carboxylic acids is 1. The number of hydrogen-bond acceptors (Lipinski definition) is 3. The van der Waals surface area contributed by atoms with E-state index in [-0.39, 0.29) is 0 Å². The summed E-state index contributed by atoms with van der Waals surface area (Å²) in [4.78, 5) is 10.8. The maximum atomic E-state index is 10.8. The predicted molar refractivity (Wildman–Crippen MR) is 87.4 cm³/mol. The molecular weight excluding hydrogens is 262 g/mol. The first-order valence-corrected chi connectivity index (χ1v) is 8.11. The van der Waals surface area contributed by atoms with Gasteiger partial charge >= 0.3 is 0 Å². The largest absolute Gasteiger partial charge is 0.375 e.